The fourth-order valence-corrected chi connectivity index (χ4v) is 1.88. The van der Waals surface area contributed by atoms with Crippen LogP contribution in [0.5, 0.6) is 0 Å². The van der Waals surface area contributed by atoms with Gasteiger partial charge in [0, 0.05) is 18.3 Å². The topological polar surface area (TPSA) is 29.3 Å². The highest BCUT2D eigenvalue weighted by Gasteiger charge is 2.09. The number of rotatable bonds is 5. The molecule has 0 saturated carbocycles. The van der Waals surface area contributed by atoms with E-state index < -0.39 is 0 Å². The molecule has 0 bridgehead atoms. The molecule has 0 fully saturated rings. The van der Waals surface area contributed by atoms with Crippen molar-refractivity contribution in [1.29, 1.82) is 0 Å². The number of nitrogens with two attached hydrogens (primary N) is 1. The van der Waals surface area contributed by atoms with Gasteiger partial charge in [-0.05, 0) is 50.9 Å². The van der Waals surface area contributed by atoms with Gasteiger partial charge >= 0.3 is 0 Å². The van der Waals surface area contributed by atoms with Gasteiger partial charge in [0.05, 0.1) is 0 Å². The Hall–Kier alpha value is -1.02. The van der Waals surface area contributed by atoms with Gasteiger partial charge in [-0.25, -0.2) is 0 Å². The molecule has 1 aromatic carbocycles. The molecule has 0 heterocycles. The number of nitrogen functional groups attached to an aromatic ring is 1. The monoisotopic (exact) mass is 220 g/mol. The highest BCUT2D eigenvalue weighted by atomic mass is 15.1. The Kier molecular flexibility index (Phi) is 4.81. The van der Waals surface area contributed by atoms with Crippen molar-refractivity contribution in [2.45, 2.75) is 46.7 Å². The first-order chi connectivity index (χ1) is 7.54. The maximum atomic E-state index is 5.82. The SMILES string of the molecule is CCCN(Cc1ccc(N)c(C)c1)C(C)C. The molecule has 0 aliphatic carbocycles. The first-order valence-electron chi connectivity index (χ1n) is 6.13. The highest BCUT2D eigenvalue weighted by Crippen LogP contribution is 2.15. The lowest BCUT2D eigenvalue weighted by molar-refractivity contribution is 0.213. The van der Waals surface area contributed by atoms with Gasteiger partial charge in [0.1, 0.15) is 0 Å². The average molecular weight is 220 g/mol. The first-order valence-corrected chi connectivity index (χ1v) is 6.13. The van der Waals surface area contributed by atoms with E-state index in [1.165, 1.54) is 17.5 Å². The Balaban J connectivity index is 2.73. The molecule has 0 radical (unpaired) electrons. The van der Waals surface area contributed by atoms with E-state index >= 15 is 0 Å². The van der Waals surface area contributed by atoms with Crippen molar-refractivity contribution in [1.82, 2.24) is 4.90 Å². The largest absolute Gasteiger partial charge is 0.399 e. The third-order valence-corrected chi connectivity index (χ3v) is 2.96. The van der Waals surface area contributed by atoms with Gasteiger partial charge < -0.3 is 5.73 Å². The summed E-state index contributed by atoms with van der Waals surface area (Å²) in [4.78, 5) is 2.49. The lowest BCUT2D eigenvalue weighted by Gasteiger charge is -2.26. The Morgan fingerprint density at radius 3 is 2.50 bits per heavy atom. The quantitative estimate of drug-likeness (QED) is 0.772. The van der Waals surface area contributed by atoms with Gasteiger partial charge in [0.2, 0.25) is 0 Å². The fourth-order valence-electron chi connectivity index (χ4n) is 1.88. The lowest BCUT2D eigenvalue weighted by Crippen LogP contribution is -2.31. The number of hydrogen-bond acceptors (Lipinski definition) is 2. The molecule has 0 aliphatic heterocycles. The lowest BCUT2D eigenvalue weighted by atomic mass is 10.1. The highest BCUT2D eigenvalue weighted by molar-refractivity contribution is 5.47. The Morgan fingerprint density at radius 2 is 2.00 bits per heavy atom. The predicted molar refractivity (Wildman–Crippen MR) is 71.4 cm³/mol. The molecule has 0 saturated heterocycles. The third kappa shape index (κ3) is 3.53. The zero-order chi connectivity index (χ0) is 12.1. The number of anilines is 1. The molecule has 0 spiro atoms. The third-order valence-electron chi connectivity index (χ3n) is 2.96. The second kappa shape index (κ2) is 5.90. The van der Waals surface area contributed by atoms with Crippen LogP contribution in [0.4, 0.5) is 5.69 Å². The number of benzene rings is 1. The van der Waals surface area contributed by atoms with Crippen molar-refractivity contribution in [2.24, 2.45) is 0 Å². The molecule has 0 unspecified atom stereocenters. The minimum Gasteiger partial charge on any atom is -0.399 e. The first kappa shape index (κ1) is 13.0. The number of aryl methyl sites for hydroxylation is 1. The normalized spacial score (nSPS) is 11.4. The number of hydrogen-bond donors (Lipinski definition) is 1. The zero-order valence-electron chi connectivity index (χ0n) is 11.0. The van der Waals surface area contributed by atoms with Gasteiger partial charge in [-0.15, -0.1) is 0 Å². The Bertz CT molecular complexity index is 332. The Morgan fingerprint density at radius 1 is 1.31 bits per heavy atom. The Labute approximate surface area is 99.5 Å². The minimum absolute atomic E-state index is 0.595. The van der Waals surface area contributed by atoms with E-state index in [2.05, 4.69) is 44.7 Å². The average Bonchev–Trinajstić information content (AvgIpc) is 2.22. The summed E-state index contributed by atoms with van der Waals surface area (Å²) in [6.45, 7) is 11.0. The molecule has 2 heteroatoms. The predicted octanol–water partition coefficient (Wildman–Crippen LogP) is 3.20. The van der Waals surface area contributed by atoms with Crippen molar-refractivity contribution in [3.05, 3.63) is 29.3 Å². The van der Waals surface area contributed by atoms with Gasteiger partial charge in [-0.3, -0.25) is 4.90 Å². The summed E-state index contributed by atoms with van der Waals surface area (Å²) >= 11 is 0. The summed E-state index contributed by atoms with van der Waals surface area (Å²) in [5.41, 5.74) is 9.24. The summed E-state index contributed by atoms with van der Waals surface area (Å²) < 4.78 is 0. The number of nitrogens with zero attached hydrogens (tertiary/aromatic N) is 1. The molecular formula is C14H24N2. The van der Waals surface area contributed by atoms with E-state index in [4.69, 9.17) is 5.73 Å². The molecule has 1 rings (SSSR count). The smallest absolute Gasteiger partial charge is 0.0343 e. The summed E-state index contributed by atoms with van der Waals surface area (Å²) in [5.74, 6) is 0. The minimum atomic E-state index is 0.595. The molecule has 1 aromatic rings. The van der Waals surface area contributed by atoms with E-state index in [1.807, 2.05) is 6.07 Å². The van der Waals surface area contributed by atoms with E-state index in [9.17, 15) is 0 Å². The molecule has 0 atom stereocenters. The summed E-state index contributed by atoms with van der Waals surface area (Å²) in [6.07, 6.45) is 1.20. The van der Waals surface area contributed by atoms with Crippen LogP contribution in [0.3, 0.4) is 0 Å². The second-order valence-electron chi connectivity index (χ2n) is 4.76. The van der Waals surface area contributed by atoms with Crippen LogP contribution in [0.15, 0.2) is 18.2 Å². The van der Waals surface area contributed by atoms with Crippen molar-refractivity contribution < 1.29 is 0 Å². The van der Waals surface area contributed by atoms with Gasteiger partial charge in [0.25, 0.3) is 0 Å². The second-order valence-corrected chi connectivity index (χ2v) is 4.76. The van der Waals surface area contributed by atoms with Crippen LogP contribution in [-0.4, -0.2) is 17.5 Å². The summed E-state index contributed by atoms with van der Waals surface area (Å²) in [7, 11) is 0. The molecule has 2 N–H and O–H groups in total. The molecule has 0 aromatic heterocycles. The molecule has 90 valence electrons. The van der Waals surface area contributed by atoms with Crippen LogP contribution in [0.1, 0.15) is 38.3 Å². The molecule has 0 amide bonds. The maximum Gasteiger partial charge on any atom is 0.0343 e. The maximum absolute atomic E-state index is 5.82. The zero-order valence-corrected chi connectivity index (χ0v) is 11.0. The van der Waals surface area contributed by atoms with Crippen LogP contribution in [0.2, 0.25) is 0 Å². The molecule has 16 heavy (non-hydrogen) atoms. The van der Waals surface area contributed by atoms with Gasteiger partial charge in [-0.2, -0.15) is 0 Å². The van der Waals surface area contributed by atoms with Crippen molar-refractivity contribution in [3.8, 4) is 0 Å². The van der Waals surface area contributed by atoms with E-state index in [0.29, 0.717) is 6.04 Å². The van der Waals surface area contributed by atoms with E-state index in [-0.39, 0.29) is 0 Å². The molecule has 2 nitrogen and oxygen atoms in total. The molecule has 0 aliphatic rings. The van der Waals surface area contributed by atoms with Crippen LogP contribution in [-0.2, 0) is 6.54 Å². The van der Waals surface area contributed by atoms with Crippen LogP contribution < -0.4 is 5.73 Å². The van der Waals surface area contributed by atoms with Crippen molar-refractivity contribution >= 4 is 5.69 Å². The van der Waals surface area contributed by atoms with Crippen LogP contribution in [0, 0.1) is 6.92 Å². The molecular weight excluding hydrogens is 196 g/mol. The van der Waals surface area contributed by atoms with E-state index in [0.717, 1.165) is 18.8 Å². The summed E-state index contributed by atoms with van der Waals surface area (Å²) in [5, 5.41) is 0. The van der Waals surface area contributed by atoms with Gasteiger partial charge in [0.15, 0.2) is 0 Å². The summed E-state index contributed by atoms with van der Waals surface area (Å²) in [6, 6.07) is 6.93. The van der Waals surface area contributed by atoms with Crippen LogP contribution in [0.25, 0.3) is 0 Å². The standard InChI is InChI=1S/C14H24N2/c1-5-8-16(11(2)3)10-13-6-7-14(15)12(4)9-13/h6-7,9,11H,5,8,10,15H2,1-4H3. The fraction of sp³-hybridized carbons (Fsp3) is 0.571. The van der Waals surface area contributed by atoms with Crippen LogP contribution >= 0.6 is 0 Å². The van der Waals surface area contributed by atoms with Crippen molar-refractivity contribution in [3.63, 3.8) is 0 Å². The van der Waals surface area contributed by atoms with E-state index in [1.54, 1.807) is 0 Å². The van der Waals surface area contributed by atoms with Gasteiger partial charge in [-0.1, -0.05) is 19.1 Å². The van der Waals surface area contributed by atoms with Crippen molar-refractivity contribution in [2.75, 3.05) is 12.3 Å².